The molecule has 0 aliphatic carbocycles. The van der Waals surface area contributed by atoms with Crippen LogP contribution in [-0.2, 0) is 14.6 Å². The second kappa shape index (κ2) is 6.77. The van der Waals surface area contributed by atoms with Crippen LogP contribution >= 0.6 is 11.8 Å². The number of hydrogen-bond donors (Lipinski definition) is 1. The molecule has 0 aromatic carbocycles. The Kier molecular flexibility index (Phi) is 5.94. The molecular weight excluding hydrogens is 272 g/mol. The number of amides is 1. The quantitative estimate of drug-likeness (QED) is 0.778. The van der Waals surface area contributed by atoms with Gasteiger partial charge in [-0.1, -0.05) is 6.92 Å². The van der Waals surface area contributed by atoms with Crippen molar-refractivity contribution in [1.82, 2.24) is 4.90 Å². The molecule has 1 fully saturated rings. The molecule has 2 atom stereocenters. The largest absolute Gasteiger partial charge is 0.339 e. The maximum atomic E-state index is 12.1. The first-order valence-electron chi connectivity index (χ1n) is 6.17. The third-order valence-electron chi connectivity index (χ3n) is 3.02. The van der Waals surface area contributed by atoms with Crippen LogP contribution in [0, 0.1) is 0 Å². The summed E-state index contributed by atoms with van der Waals surface area (Å²) in [5.41, 5.74) is 5.78. The summed E-state index contributed by atoms with van der Waals surface area (Å²) in [5, 5.41) is 0.477. The summed E-state index contributed by atoms with van der Waals surface area (Å²) in [7, 11) is -3.05. The molecule has 2 unspecified atom stereocenters. The SMILES string of the molecule is CCC1CN(C(=O)C(N)CCS(C)(=O)=O)CCS1. The van der Waals surface area contributed by atoms with Crippen molar-refractivity contribution in [2.24, 2.45) is 5.73 Å². The second-order valence-corrected chi connectivity index (χ2v) is 8.38. The lowest BCUT2D eigenvalue weighted by Gasteiger charge is -2.33. The minimum absolute atomic E-state index is 0.0281. The highest BCUT2D eigenvalue weighted by Crippen LogP contribution is 2.21. The van der Waals surface area contributed by atoms with E-state index in [-0.39, 0.29) is 18.1 Å². The zero-order chi connectivity index (χ0) is 13.8. The Labute approximate surface area is 113 Å². The Morgan fingerprint density at radius 1 is 1.56 bits per heavy atom. The van der Waals surface area contributed by atoms with Gasteiger partial charge in [-0.3, -0.25) is 4.79 Å². The zero-order valence-corrected chi connectivity index (χ0v) is 12.6. The van der Waals surface area contributed by atoms with Crippen LogP contribution in [0.15, 0.2) is 0 Å². The Hall–Kier alpha value is -0.270. The van der Waals surface area contributed by atoms with Crippen LogP contribution in [0.4, 0.5) is 0 Å². The normalized spacial score (nSPS) is 22.8. The topological polar surface area (TPSA) is 80.5 Å². The Morgan fingerprint density at radius 3 is 2.78 bits per heavy atom. The van der Waals surface area contributed by atoms with E-state index in [2.05, 4.69) is 6.92 Å². The third-order valence-corrected chi connectivity index (χ3v) is 5.37. The fraction of sp³-hybridized carbons (Fsp3) is 0.909. The van der Waals surface area contributed by atoms with Crippen LogP contribution in [0.25, 0.3) is 0 Å². The van der Waals surface area contributed by atoms with Crippen molar-refractivity contribution < 1.29 is 13.2 Å². The summed E-state index contributed by atoms with van der Waals surface area (Å²) < 4.78 is 22.1. The first-order chi connectivity index (χ1) is 8.33. The van der Waals surface area contributed by atoms with Crippen molar-refractivity contribution in [3.05, 3.63) is 0 Å². The lowest BCUT2D eigenvalue weighted by Crippen LogP contribution is -2.49. The van der Waals surface area contributed by atoms with E-state index < -0.39 is 15.9 Å². The van der Waals surface area contributed by atoms with Gasteiger partial charge in [0, 0.05) is 30.3 Å². The molecule has 1 saturated heterocycles. The van der Waals surface area contributed by atoms with E-state index in [4.69, 9.17) is 5.73 Å². The summed E-state index contributed by atoms with van der Waals surface area (Å²) in [6.45, 7) is 3.55. The maximum Gasteiger partial charge on any atom is 0.239 e. The maximum absolute atomic E-state index is 12.1. The van der Waals surface area contributed by atoms with E-state index in [0.29, 0.717) is 11.8 Å². The molecule has 0 aromatic rings. The van der Waals surface area contributed by atoms with Crippen molar-refractivity contribution in [2.45, 2.75) is 31.1 Å². The molecule has 18 heavy (non-hydrogen) atoms. The van der Waals surface area contributed by atoms with Crippen molar-refractivity contribution in [1.29, 1.82) is 0 Å². The average molecular weight is 294 g/mol. The zero-order valence-electron chi connectivity index (χ0n) is 11.0. The number of hydrogen-bond acceptors (Lipinski definition) is 5. The molecule has 5 nitrogen and oxygen atoms in total. The van der Waals surface area contributed by atoms with Crippen LogP contribution < -0.4 is 5.73 Å². The molecule has 1 heterocycles. The first-order valence-corrected chi connectivity index (χ1v) is 9.28. The van der Waals surface area contributed by atoms with Crippen molar-refractivity contribution in [3.8, 4) is 0 Å². The van der Waals surface area contributed by atoms with Crippen LogP contribution in [0.2, 0.25) is 0 Å². The van der Waals surface area contributed by atoms with Crippen LogP contribution in [0.1, 0.15) is 19.8 Å². The van der Waals surface area contributed by atoms with Crippen molar-refractivity contribution in [3.63, 3.8) is 0 Å². The Bertz CT molecular complexity index is 384. The number of sulfone groups is 1. The van der Waals surface area contributed by atoms with Gasteiger partial charge in [0.25, 0.3) is 0 Å². The highest BCUT2D eigenvalue weighted by molar-refractivity contribution is 8.00. The Balaban J connectivity index is 2.47. The molecule has 0 saturated carbocycles. The van der Waals surface area contributed by atoms with E-state index >= 15 is 0 Å². The molecule has 2 N–H and O–H groups in total. The minimum atomic E-state index is -3.05. The van der Waals surface area contributed by atoms with Gasteiger partial charge in [0.1, 0.15) is 9.84 Å². The summed E-state index contributed by atoms with van der Waals surface area (Å²) in [6.07, 6.45) is 2.40. The standard InChI is InChI=1S/C11H22N2O3S2/c1-3-9-8-13(5-6-17-9)11(14)10(12)4-7-18(2,15)16/h9-10H,3-8,12H2,1-2H3. The molecule has 0 spiro atoms. The molecule has 1 aliphatic rings. The highest BCUT2D eigenvalue weighted by atomic mass is 32.2. The summed E-state index contributed by atoms with van der Waals surface area (Å²) in [5.74, 6) is 0.792. The van der Waals surface area contributed by atoms with Gasteiger partial charge in [-0.2, -0.15) is 11.8 Å². The molecular formula is C11H22N2O3S2. The molecule has 106 valence electrons. The van der Waals surface area contributed by atoms with E-state index in [9.17, 15) is 13.2 Å². The van der Waals surface area contributed by atoms with Crippen LogP contribution in [0.5, 0.6) is 0 Å². The van der Waals surface area contributed by atoms with Gasteiger partial charge in [0.2, 0.25) is 5.91 Å². The summed E-state index contributed by atoms with van der Waals surface area (Å²) >= 11 is 1.88. The van der Waals surface area contributed by atoms with Gasteiger partial charge in [-0.05, 0) is 12.8 Å². The van der Waals surface area contributed by atoms with Crippen molar-refractivity contribution >= 4 is 27.5 Å². The highest BCUT2D eigenvalue weighted by Gasteiger charge is 2.27. The Morgan fingerprint density at radius 2 is 2.22 bits per heavy atom. The number of carbonyl (C=O) groups excluding carboxylic acids is 1. The van der Waals surface area contributed by atoms with E-state index in [1.54, 1.807) is 4.90 Å². The molecule has 0 radical (unpaired) electrons. The summed E-state index contributed by atoms with van der Waals surface area (Å²) in [4.78, 5) is 13.8. The number of nitrogens with two attached hydrogens (primary N) is 1. The first kappa shape index (κ1) is 15.8. The van der Waals surface area contributed by atoms with E-state index in [0.717, 1.165) is 25.0 Å². The third kappa shape index (κ3) is 5.16. The number of carbonyl (C=O) groups is 1. The fourth-order valence-corrected chi connectivity index (χ4v) is 3.73. The van der Waals surface area contributed by atoms with Gasteiger partial charge in [-0.25, -0.2) is 8.42 Å². The van der Waals surface area contributed by atoms with Gasteiger partial charge in [-0.15, -0.1) is 0 Å². The van der Waals surface area contributed by atoms with Gasteiger partial charge < -0.3 is 10.6 Å². The molecule has 1 amide bonds. The lowest BCUT2D eigenvalue weighted by molar-refractivity contribution is -0.132. The lowest BCUT2D eigenvalue weighted by atomic mass is 10.2. The molecule has 1 rings (SSSR count). The average Bonchev–Trinajstić information content (AvgIpc) is 2.34. The monoisotopic (exact) mass is 294 g/mol. The predicted molar refractivity (Wildman–Crippen MR) is 75.4 cm³/mol. The second-order valence-electron chi connectivity index (χ2n) is 4.71. The molecule has 0 bridgehead atoms. The minimum Gasteiger partial charge on any atom is -0.339 e. The summed E-state index contributed by atoms with van der Waals surface area (Å²) in [6, 6.07) is -0.694. The van der Waals surface area contributed by atoms with Crippen LogP contribution in [-0.4, -0.2) is 61.4 Å². The fourth-order valence-electron chi connectivity index (χ4n) is 1.87. The van der Waals surface area contributed by atoms with Gasteiger partial charge in [0.05, 0.1) is 11.8 Å². The predicted octanol–water partition coefficient (Wildman–Crippen LogP) is 0.102. The van der Waals surface area contributed by atoms with Crippen LogP contribution in [0.3, 0.4) is 0 Å². The van der Waals surface area contributed by atoms with Gasteiger partial charge in [0.15, 0.2) is 0 Å². The number of thioether (sulfide) groups is 1. The smallest absolute Gasteiger partial charge is 0.239 e. The van der Waals surface area contributed by atoms with Crippen molar-refractivity contribution in [2.75, 3.05) is 30.9 Å². The number of nitrogens with zero attached hydrogens (tertiary/aromatic N) is 1. The van der Waals surface area contributed by atoms with E-state index in [1.165, 1.54) is 0 Å². The van der Waals surface area contributed by atoms with Gasteiger partial charge >= 0.3 is 0 Å². The molecule has 7 heteroatoms. The van der Waals surface area contributed by atoms with E-state index in [1.807, 2.05) is 11.8 Å². The number of rotatable bonds is 5. The molecule has 0 aromatic heterocycles. The molecule has 1 aliphatic heterocycles.